The third-order valence-electron chi connectivity index (χ3n) is 8.07. The number of aliphatic hydroxyl groups is 2. The van der Waals surface area contributed by atoms with Crippen LogP contribution in [0, 0.1) is 10.8 Å². The lowest BCUT2D eigenvalue weighted by Gasteiger charge is -2.39. The molecule has 0 atom stereocenters. The highest BCUT2D eigenvalue weighted by atomic mass is 79.9. The molecule has 0 bridgehead atoms. The van der Waals surface area contributed by atoms with Gasteiger partial charge < -0.3 is 31.2 Å². The molecule has 0 amide bonds. The fourth-order valence-electron chi connectivity index (χ4n) is 5.13. The number of rotatable bonds is 8. The molecule has 8 nitrogen and oxygen atoms in total. The van der Waals surface area contributed by atoms with Crippen LogP contribution in [0.5, 0.6) is 11.5 Å². The number of hydrogen-bond donors (Lipinski definition) is 4. The molecule has 2 saturated carbocycles. The van der Waals surface area contributed by atoms with E-state index in [-0.39, 0.29) is 24.0 Å². The molecule has 2 heterocycles. The summed E-state index contributed by atoms with van der Waals surface area (Å²) in [7, 11) is 0. The van der Waals surface area contributed by atoms with Crippen LogP contribution >= 0.6 is 31.9 Å². The van der Waals surface area contributed by atoms with Gasteiger partial charge >= 0.3 is 0 Å². The Hall–Kier alpha value is -2.66. The number of nitrogens with two attached hydrogens (primary N) is 2. The van der Waals surface area contributed by atoms with Crippen LogP contribution < -0.4 is 20.9 Å². The molecule has 212 valence electrons. The van der Waals surface area contributed by atoms with Crippen LogP contribution in [0.15, 0.2) is 57.5 Å². The van der Waals surface area contributed by atoms with E-state index in [0.29, 0.717) is 24.8 Å². The average molecular weight is 674 g/mol. The summed E-state index contributed by atoms with van der Waals surface area (Å²) in [6.07, 6.45) is 6.41. The van der Waals surface area contributed by atoms with Crippen LogP contribution in [0.1, 0.15) is 38.5 Å². The second kappa shape index (κ2) is 12.1. The van der Waals surface area contributed by atoms with Crippen molar-refractivity contribution in [1.29, 1.82) is 0 Å². The van der Waals surface area contributed by atoms with Crippen LogP contribution in [0.3, 0.4) is 0 Å². The summed E-state index contributed by atoms with van der Waals surface area (Å²) in [6.45, 7) is 1.41. The van der Waals surface area contributed by atoms with E-state index in [4.69, 9.17) is 20.9 Å². The molecule has 6 rings (SSSR count). The molecule has 0 saturated heterocycles. The van der Waals surface area contributed by atoms with Crippen molar-refractivity contribution in [3.63, 3.8) is 0 Å². The third-order valence-corrected chi connectivity index (χ3v) is 9.06. The summed E-state index contributed by atoms with van der Waals surface area (Å²) in [5, 5.41) is 20.9. The second-order valence-electron chi connectivity index (χ2n) is 11.0. The van der Waals surface area contributed by atoms with Crippen molar-refractivity contribution < 1.29 is 19.7 Å². The molecule has 2 aliphatic carbocycles. The van der Waals surface area contributed by atoms with Crippen LogP contribution in [0.4, 0.5) is 11.6 Å². The first kappa shape index (κ1) is 28.9. The minimum Gasteiger partial charge on any atom is -0.492 e. The monoisotopic (exact) mass is 672 g/mol. The largest absolute Gasteiger partial charge is 0.492 e. The van der Waals surface area contributed by atoms with E-state index in [0.717, 1.165) is 80.8 Å². The molecule has 2 aromatic heterocycles. The van der Waals surface area contributed by atoms with Crippen LogP contribution in [-0.4, -0.2) is 46.6 Å². The predicted octanol–water partition coefficient (Wildman–Crippen LogP) is 6.24. The second-order valence-corrected chi connectivity index (χ2v) is 12.8. The highest BCUT2D eigenvalue weighted by molar-refractivity contribution is 9.10. The van der Waals surface area contributed by atoms with Gasteiger partial charge in [-0.1, -0.05) is 44.7 Å². The Morgan fingerprint density at radius 1 is 0.675 bits per heavy atom. The number of aliphatic hydroxyl groups excluding tert-OH is 2. The Bertz CT molecular complexity index is 1370. The van der Waals surface area contributed by atoms with Gasteiger partial charge in [-0.15, -0.1) is 0 Å². The van der Waals surface area contributed by atoms with E-state index < -0.39 is 0 Å². The summed E-state index contributed by atoms with van der Waals surface area (Å²) in [5.41, 5.74) is 13.1. The van der Waals surface area contributed by atoms with Crippen LogP contribution in [0.25, 0.3) is 21.8 Å². The zero-order valence-electron chi connectivity index (χ0n) is 22.2. The Kier molecular flexibility index (Phi) is 8.70. The standard InChI is InChI=1S/2C15H17BrN2O2/c2*16-10-2-3-11-12(6-10)18-14(17)7-13(11)20-9-15(8-19)4-1-5-15/h2*2-3,6-7,19H,1,4-5,8-9H2,(H2,17,18). The smallest absolute Gasteiger partial charge is 0.132 e. The maximum atomic E-state index is 9.50. The number of benzene rings is 2. The quantitative estimate of drug-likeness (QED) is 0.173. The zero-order valence-corrected chi connectivity index (χ0v) is 25.4. The van der Waals surface area contributed by atoms with E-state index in [9.17, 15) is 10.2 Å². The summed E-state index contributed by atoms with van der Waals surface area (Å²) in [4.78, 5) is 8.63. The summed E-state index contributed by atoms with van der Waals surface area (Å²) >= 11 is 6.86. The van der Waals surface area contributed by atoms with E-state index in [1.807, 2.05) is 36.4 Å². The Labute approximate surface area is 250 Å². The SMILES string of the molecule is Nc1cc(OCC2(CO)CCC2)c2ccc(Br)cc2n1.Nc1cc(OCC2(CO)CCC2)c2ccc(Br)cc2n1. The number of pyridine rings is 2. The molecular formula is C30H34Br2N4O4. The highest BCUT2D eigenvalue weighted by Crippen LogP contribution is 2.42. The number of aromatic nitrogens is 2. The van der Waals surface area contributed by atoms with Gasteiger partial charge in [0.2, 0.25) is 0 Å². The number of anilines is 2. The van der Waals surface area contributed by atoms with Crippen molar-refractivity contribution in [2.45, 2.75) is 38.5 Å². The van der Waals surface area contributed by atoms with Crippen molar-refractivity contribution in [3.05, 3.63) is 57.5 Å². The maximum Gasteiger partial charge on any atom is 0.132 e. The minimum absolute atomic E-state index is 0.0697. The van der Waals surface area contributed by atoms with Gasteiger partial charge in [0.1, 0.15) is 23.1 Å². The van der Waals surface area contributed by atoms with E-state index in [1.54, 1.807) is 12.1 Å². The average Bonchev–Trinajstić information content (AvgIpc) is 2.87. The molecule has 2 aromatic carbocycles. The normalized spacial score (nSPS) is 16.9. The number of halogens is 2. The molecule has 2 fully saturated rings. The number of ether oxygens (including phenoxy) is 2. The van der Waals surface area contributed by atoms with Gasteiger partial charge in [0.25, 0.3) is 0 Å². The lowest BCUT2D eigenvalue weighted by atomic mass is 9.70. The number of fused-ring (bicyclic) bond motifs is 2. The van der Waals surface area contributed by atoms with Crippen molar-refractivity contribution in [2.24, 2.45) is 10.8 Å². The molecule has 0 aliphatic heterocycles. The number of hydrogen-bond acceptors (Lipinski definition) is 8. The van der Waals surface area contributed by atoms with E-state index >= 15 is 0 Å². The zero-order chi connectivity index (χ0) is 28.3. The van der Waals surface area contributed by atoms with Crippen LogP contribution in [-0.2, 0) is 0 Å². The van der Waals surface area contributed by atoms with Gasteiger partial charge in [-0.3, -0.25) is 0 Å². The van der Waals surface area contributed by atoms with Gasteiger partial charge in [0.15, 0.2) is 0 Å². The predicted molar refractivity (Wildman–Crippen MR) is 165 cm³/mol. The molecule has 40 heavy (non-hydrogen) atoms. The van der Waals surface area contributed by atoms with E-state index in [2.05, 4.69) is 41.8 Å². The van der Waals surface area contributed by atoms with Crippen molar-refractivity contribution in [3.8, 4) is 11.5 Å². The number of nitrogen functional groups attached to an aromatic ring is 2. The summed E-state index contributed by atoms with van der Waals surface area (Å²) in [6, 6.07) is 15.2. The first-order valence-corrected chi connectivity index (χ1v) is 15.0. The third kappa shape index (κ3) is 6.30. The Balaban J connectivity index is 0.000000161. The molecule has 0 spiro atoms. The maximum absolute atomic E-state index is 9.50. The van der Waals surface area contributed by atoms with Gasteiger partial charge in [-0.2, -0.15) is 0 Å². The molecule has 0 radical (unpaired) electrons. The van der Waals surface area contributed by atoms with E-state index in [1.165, 1.54) is 0 Å². The summed E-state index contributed by atoms with van der Waals surface area (Å²) in [5.74, 6) is 2.36. The van der Waals surface area contributed by atoms with Crippen molar-refractivity contribution in [2.75, 3.05) is 37.9 Å². The Morgan fingerprint density at radius 2 is 1.07 bits per heavy atom. The molecule has 0 unspecified atom stereocenters. The molecule has 2 aliphatic rings. The van der Waals surface area contributed by atoms with Crippen LogP contribution in [0.2, 0.25) is 0 Å². The highest BCUT2D eigenvalue weighted by Gasteiger charge is 2.38. The lowest BCUT2D eigenvalue weighted by Crippen LogP contribution is -2.39. The topological polar surface area (TPSA) is 137 Å². The Morgan fingerprint density at radius 3 is 1.40 bits per heavy atom. The number of nitrogens with zero attached hydrogens (tertiary/aromatic N) is 2. The molecule has 10 heteroatoms. The minimum atomic E-state index is -0.0697. The molecular weight excluding hydrogens is 640 g/mol. The van der Waals surface area contributed by atoms with Gasteiger partial charge in [0.05, 0.1) is 37.5 Å². The van der Waals surface area contributed by atoms with Gasteiger partial charge in [-0.05, 0) is 62.1 Å². The molecule has 6 N–H and O–H groups in total. The van der Waals surface area contributed by atoms with Gasteiger partial charge in [0, 0.05) is 42.7 Å². The summed E-state index contributed by atoms with van der Waals surface area (Å²) < 4.78 is 13.8. The fourth-order valence-corrected chi connectivity index (χ4v) is 5.83. The first-order valence-electron chi connectivity index (χ1n) is 13.4. The first-order chi connectivity index (χ1) is 19.2. The lowest BCUT2D eigenvalue weighted by molar-refractivity contribution is 0.000514. The fraction of sp³-hybridized carbons (Fsp3) is 0.400. The van der Waals surface area contributed by atoms with Crippen molar-refractivity contribution in [1.82, 2.24) is 9.97 Å². The van der Waals surface area contributed by atoms with Crippen molar-refractivity contribution >= 4 is 65.3 Å². The van der Waals surface area contributed by atoms with Gasteiger partial charge in [-0.25, -0.2) is 9.97 Å². The molecule has 4 aromatic rings.